The Morgan fingerprint density at radius 1 is 1.13 bits per heavy atom. The van der Waals surface area contributed by atoms with E-state index < -0.39 is 58.0 Å². The third-order valence-electron chi connectivity index (χ3n) is 9.46. The van der Waals surface area contributed by atoms with Gasteiger partial charge in [-0.05, 0) is 62.1 Å². The standard InChI is InChI=1S/C33H44F3N5O5S/c1-5-26(42)39-27(30(44)41-14-12-32(4,46)13-15-41)20(3)22-10-11-24(23(34)16-22)38-29(43)28(21-8-6-19(2)7-9-21)40-31(45)33(35,36)25-17-37-18-47-25/h10-11,16-21,27-28,46H,5-9,12-15H2,1-4H3,(H,38,43)(H,39,42)(H,40,45)/t19?,20-,21?,27+,28-/m0/s1. The molecule has 2 aromatic rings. The normalized spacial score (nSPS) is 21.7. The van der Waals surface area contributed by atoms with Gasteiger partial charge in [0.25, 0.3) is 5.91 Å². The summed E-state index contributed by atoms with van der Waals surface area (Å²) in [7, 11) is 0. The number of likely N-dealkylation sites (tertiary alicyclic amines) is 1. The number of hydrogen-bond donors (Lipinski definition) is 4. The number of piperidine rings is 1. The maximum Gasteiger partial charge on any atom is 0.360 e. The number of benzene rings is 1. The number of carbonyl (C=O) groups is 4. The minimum absolute atomic E-state index is 0.137. The fraction of sp³-hybridized carbons (Fsp3) is 0.606. The van der Waals surface area contributed by atoms with Crippen molar-refractivity contribution in [3.05, 3.63) is 46.2 Å². The molecule has 2 aliphatic rings. The first-order valence-corrected chi connectivity index (χ1v) is 17.0. The third-order valence-corrected chi connectivity index (χ3v) is 10.3. The Bertz CT molecular complexity index is 1420. The van der Waals surface area contributed by atoms with E-state index in [1.54, 1.807) is 25.7 Å². The molecule has 14 heteroatoms. The van der Waals surface area contributed by atoms with Crippen molar-refractivity contribution in [1.82, 2.24) is 20.5 Å². The summed E-state index contributed by atoms with van der Waals surface area (Å²) in [5.74, 6) is -8.59. The van der Waals surface area contributed by atoms with E-state index in [9.17, 15) is 33.1 Å². The van der Waals surface area contributed by atoms with Crippen LogP contribution in [0.4, 0.5) is 18.9 Å². The predicted molar refractivity (Wildman–Crippen MR) is 171 cm³/mol. The number of aliphatic hydroxyl groups is 1. The maximum atomic E-state index is 15.6. The van der Waals surface area contributed by atoms with Crippen molar-refractivity contribution in [3.63, 3.8) is 0 Å². The van der Waals surface area contributed by atoms with Gasteiger partial charge in [0.15, 0.2) is 0 Å². The Hall–Kier alpha value is -3.52. The van der Waals surface area contributed by atoms with Gasteiger partial charge in [-0.1, -0.05) is 39.7 Å². The minimum atomic E-state index is -3.90. The molecule has 10 nitrogen and oxygen atoms in total. The molecule has 4 N–H and O–H groups in total. The van der Waals surface area contributed by atoms with E-state index >= 15 is 4.39 Å². The zero-order valence-corrected chi connectivity index (χ0v) is 28.0. The van der Waals surface area contributed by atoms with Crippen molar-refractivity contribution in [2.75, 3.05) is 18.4 Å². The zero-order valence-electron chi connectivity index (χ0n) is 27.2. The molecule has 2 heterocycles. The average molecular weight is 680 g/mol. The smallest absolute Gasteiger partial charge is 0.360 e. The number of rotatable bonds is 11. The molecule has 1 saturated heterocycles. The second-order valence-electron chi connectivity index (χ2n) is 13.1. The fourth-order valence-electron chi connectivity index (χ4n) is 6.13. The van der Waals surface area contributed by atoms with Gasteiger partial charge >= 0.3 is 5.92 Å². The van der Waals surface area contributed by atoms with E-state index in [4.69, 9.17) is 0 Å². The summed E-state index contributed by atoms with van der Waals surface area (Å²) >= 11 is 0.625. The Labute approximate surface area is 276 Å². The SMILES string of the molecule is CCC(=O)N[C@@H](C(=O)N1CCC(C)(O)CC1)[C@@H](C)c1ccc(NC(=O)[C@@H](NC(=O)C(F)(F)c2cncs2)C2CCC(C)CC2)c(F)c1. The summed E-state index contributed by atoms with van der Waals surface area (Å²) in [5, 5.41) is 17.8. The van der Waals surface area contributed by atoms with Crippen LogP contribution in [-0.4, -0.2) is 69.4 Å². The number of anilines is 1. The summed E-state index contributed by atoms with van der Waals surface area (Å²) < 4.78 is 45.4. The van der Waals surface area contributed by atoms with Crippen LogP contribution >= 0.6 is 11.3 Å². The largest absolute Gasteiger partial charge is 0.390 e. The van der Waals surface area contributed by atoms with Gasteiger partial charge in [0.2, 0.25) is 17.7 Å². The van der Waals surface area contributed by atoms with Crippen LogP contribution in [0.5, 0.6) is 0 Å². The fourth-order valence-corrected chi connectivity index (χ4v) is 6.73. The molecule has 1 aliphatic heterocycles. The molecular formula is C33H44F3N5O5S. The predicted octanol–water partition coefficient (Wildman–Crippen LogP) is 4.70. The second-order valence-corrected chi connectivity index (χ2v) is 14.0. The number of thiazole rings is 1. The Morgan fingerprint density at radius 2 is 1.79 bits per heavy atom. The van der Waals surface area contributed by atoms with E-state index in [2.05, 4.69) is 27.9 Å². The Kier molecular flexibility index (Phi) is 11.7. The molecule has 0 spiro atoms. The van der Waals surface area contributed by atoms with Crippen LogP contribution in [0.25, 0.3) is 0 Å². The lowest BCUT2D eigenvalue weighted by molar-refractivity contribution is -0.149. The molecule has 1 saturated carbocycles. The van der Waals surface area contributed by atoms with E-state index in [1.807, 2.05) is 0 Å². The molecular weight excluding hydrogens is 635 g/mol. The van der Waals surface area contributed by atoms with Crippen molar-refractivity contribution < 1.29 is 37.5 Å². The van der Waals surface area contributed by atoms with Gasteiger partial charge < -0.3 is 26.0 Å². The van der Waals surface area contributed by atoms with Gasteiger partial charge in [-0.3, -0.25) is 24.2 Å². The molecule has 1 aromatic heterocycles. The van der Waals surface area contributed by atoms with Gasteiger partial charge in [0.1, 0.15) is 22.8 Å². The monoisotopic (exact) mass is 679 g/mol. The minimum Gasteiger partial charge on any atom is -0.390 e. The number of halogens is 3. The molecule has 0 radical (unpaired) electrons. The van der Waals surface area contributed by atoms with Crippen molar-refractivity contribution in [3.8, 4) is 0 Å². The lowest BCUT2D eigenvalue weighted by atomic mass is 9.79. The Morgan fingerprint density at radius 3 is 2.36 bits per heavy atom. The second kappa shape index (κ2) is 15.1. The summed E-state index contributed by atoms with van der Waals surface area (Å²) in [4.78, 5) is 56.9. The molecule has 3 atom stereocenters. The first kappa shape index (κ1) is 36.3. The van der Waals surface area contributed by atoms with Crippen molar-refractivity contribution in [1.29, 1.82) is 0 Å². The molecule has 4 rings (SSSR count). The summed E-state index contributed by atoms with van der Waals surface area (Å²) in [6, 6.07) is 1.67. The van der Waals surface area contributed by atoms with Crippen LogP contribution in [0, 0.1) is 17.7 Å². The molecule has 2 fully saturated rings. The molecule has 4 amide bonds. The van der Waals surface area contributed by atoms with Gasteiger partial charge in [-0.25, -0.2) is 4.39 Å². The summed E-state index contributed by atoms with van der Waals surface area (Å²) in [5.41, 5.74) is 0.469. The highest BCUT2D eigenvalue weighted by Gasteiger charge is 2.45. The number of nitrogens with one attached hydrogen (secondary N) is 3. The van der Waals surface area contributed by atoms with E-state index in [-0.39, 0.29) is 23.9 Å². The van der Waals surface area contributed by atoms with Crippen LogP contribution in [0.15, 0.2) is 29.9 Å². The van der Waals surface area contributed by atoms with Gasteiger partial charge in [0.05, 0.1) is 16.8 Å². The quantitative estimate of drug-likeness (QED) is 0.272. The number of amides is 4. The van der Waals surface area contributed by atoms with Crippen LogP contribution in [0.3, 0.4) is 0 Å². The third kappa shape index (κ3) is 8.89. The van der Waals surface area contributed by atoms with Crippen LogP contribution in [0.2, 0.25) is 0 Å². The zero-order chi connectivity index (χ0) is 34.5. The van der Waals surface area contributed by atoms with Crippen LogP contribution in [0.1, 0.15) is 89.0 Å². The Balaban J connectivity index is 1.52. The highest BCUT2D eigenvalue weighted by Crippen LogP contribution is 2.35. The lowest BCUT2D eigenvalue weighted by Gasteiger charge is -2.38. The molecule has 1 aliphatic carbocycles. The van der Waals surface area contributed by atoms with Gasteiger partial charge in [0, 0.05) is 31.6 Å². The molecule has 47 heavy (non-hydrogen) atoms. The molecule has 0 bridgehead atoms. The number of hydrogen-bond acceptors (Lipinski definition) is 7. The van der Waals surface area contributed by atoms with Crippen LogP contribution in [-0.2, 0) is 25.1 Å². The van der Waals surface area contributed by atoms with Crippen molar-refractivity contribution >= 4 is 40.7 Å². The van der Waals surface area contributed by atoms with Crippen LogP contribution < -0.4 is 16.0 Å². The molecule has 0 unspecified atom stereocenters. The van der Waals surface area contributed by atoms with E-state index in [0.29, 0.717) is 61.6 Å². The maximum absolute atomic E-state index is 15.6. The topological polar surface area (TPSA) is 141 Å². The number of nitrogens with zero attached hydrogens (tertiary/aromatic N) is 2. The highest BCUT2D eigenvalue weighted by atomic mass is 32.1. The average Bonchev–Trinajstić information content (AvgIpc) is 3.59. The number of carbonyl (C=O) groups excluding carboxylic acids is 4. The van der Waals surface area contributed by atoms with Gasteiger partial charge in [-0.15, -0.1) is 11.3 Å². The van der Waals surface area contributed by atoms with E-state index in [0.717, 1.165) is 25.1 Å². The molecule has 1 aromatic carbocycles. The number of aromatic nitrogens is 1. The lowest BCUT2D eigenvalue weighted by Crippen LogP contribution is -2.54. The first-order valence-electron chi connectivity index (χ1n) is 16.1. The number of alkyl halides is 2. The summed E-state index contributed by atoms with van der Waals surface area (Å²) in [6.07, 6.45) is 4.36. The summed E-state index contributed by atoms with van der Waals surface area (Å²) in [6.45, 7) is 7.73. The highest BCUT2D eigenvalue weighted by molar-refractivity contribution is 7.09. The van der Waals surface area contributed by atoms with E-state index in [1.165, 1.54) is 17.6 Å². The first-order chi connectivity index (χ1) is 22.1. The van der Waals surface area contributed by atoms with Crippen molar-refractivity contribution in [2.45, 2.75) is 102 Å². The van der Waals surface area contributed by atoms with Gasteiger partial charge in [-0.2, -0.15) is 8.78 Å². The van der Waals surface area contributed by atoms with Crippen molar-refractivity contribution in [2.24, 2.45) is 11.8 Å². The molecule has 258 valence electrons.